The largest absolute Gasteiger partial charge is 0.461 e. The molecule has 1 aromatic carbocycles. The van der Waals surface area contributed by atoms with E-state index in [-0.39, 0.29) is 5.97 Å². The quantitative estimate of drug-likeness (QED) is 0.787. The third kappa shape index (κ3) is 4.01. The van der Waals surface area contributed by atoms with Crippen LogP contribution in [0.4, 0.5) is 0 Å². The number of benzene rings is 1. The highest BCUT2D eigenvalue weighted by Crippen LogP contribution is 2.16. The minimum atomic E-state index is -0.288. The van der Waals surface area contributed by atoms with Crippen molar-refractivity contribution >= 4 is 21.9 Å². The first-order valence-corrected chi connectivity index (χ1v) is 5.47. The van der Waals surface area contributed by atoms with Crippen LogP contribution in [0, 0.1) is 0 Å². The highest BCUT2D eigenvalue weighted by Gasteiger charge is 2.09. The van der Waals surface area contributed by atoms with Crippen molar-refractivity contribution in [1.82, 2.24) is 4.90 Å². The Labute approximate surface area is 98.2 Å². The number of carbonyl (C=O) groups is 1. The lowest BCUT2D eigenvalue weighted by molar-refractivity contribution is 0.0481. The average Bonchev–Trinajstić information content (AvgIpc) is 2.17. The fourth-order valence-electron chi connectivity index (χ4n) is 1.03. The topological polar surface area (TPSA) is 29.5 Å². The van der Waals surface area contributed by atoms with Crippen LogP contribution in [0.2, 0.25) is 0 Å². The monoisotopic (exact) mass is 271 g/mol. The Hall–Kier alpha value is -0.870. The van der Waals surface area contributed by atoms with Crippen LogP contribution in [0.25, 0.3) is 0 Å². The van der Waals surface area contributed by atoms with Gasteiger partial charge in [-0.1, -0.05) is 12.1 Å². The van der Waals surface area contributed by atoms with Crippen LogP contribution in [0.3, 0.4) is 0 Å². The maximum atomic E-state index is 11.6. The summed E-state index contributed by atoms with van der Waals surface area (Å²) < 4.78 is 5.87. The van der Waals surface area contributed by atoms with Crippen molar-refractivity contribution < 1.29 is 9.53 Å². The van der Waals surface area contributed by atoms with Gasteiger partial charge in [-0.25, -0.2) is 4.79 Å². The van der Waals surface area contributed by atoms with Crippen LogP contribution in [-0.2, 0) is 4.74 Å². The van der Waals surface area contributed by atoms with Gasteiger partial charge in [0.05, 0.1) is 5.56 Å². The van der Waals surface area contributed by atoms with Gasteiger partial charge in [-0.15, -0.1) is 0 Å². The molecule has 0 saturated heterocycles. The highest BCUT2D eigenvalue weighted by molar-refractivity contribution is 9.10. The first-order valence-electron chi connectivity index (χ1n) is 4.67. The van der Waals surface area contributed by atoms with Gasteiger partial charge in [0.15, 0.2) is 0 Å². The number of hydrogen-bond donors (Lipinski definition) is 0. The Kier molecular flexibility index (Phi) is 4.78. The van der Waals surface area contributed by atoms with Crippen LogP contribution in [0.1, 0.15) is 10.4 Å². The molecule has 0 fully saturated rings. The average molecular weight is 272 g/mol. The smallest absolute Gasteiger partial charge is 0.339 e. The zero-order valence-corrected chi connectivity index (χ0v) is 10.5. The lowest BCUT2D eigenvalue weighted by Crippen LogP contribution is -2.20. The molecule has 0 heterocycles. The van der Waals surface area contributed by atoms with E-state index >= 15 is 0 Å². The molecule has 0 amide bonds. The second-order valence-corrected chi connectivity index (χ2v) is 4.27. The van der Waals surface area contributed by atoms with E-state index in [9.17, 15) is 4.79 Å². The second kappa shape index (κ2) is 5.88. The van der Waals surface area contributed by atoms with E-state index in [1.54, 1.807) is 6.07 Å². The Morgan fingerprint density at radius 3 is 2.67 bits per heavy atom. The predicted molar refractivity (Wildman–Crippen MR) is 63.0 cm³/mol. The Balaban J connectivity index is 2.51. The molecule has 1 rings (SSSR count). The van der Waals surface area contributed by atoms with E-state index in [2.05, 4.69) is 15.9 Å². The number of nitrogens with zero attached hydrogens (tertiary/aromatic N) is 1. The Bertz CT molecular complexity index is 339. The van der Waals surface area contributed by atoms with E-state index in [4.69, 9.17) is 4.74 Å². The third-order valence-corrected chi connectivity index (χ3v) is 2.56. The molecule has 0 aliphatic heterocycles. The number of esters is 1. The van der Waals surface area contributed by atoms with E-state index in [0.29, 0.717) is 12.2 Å². The van der Waals surface area contributed by atoms with Gasteiger partial charge in [-0.05, 0) is 42.2 Å². The Morgan fingerprint density at radius 1 is 1.40 bits per heavy atom. The third-order valence-electron chi connectivity index (χ3n) is 1.87. The molecular formula is C11H14BrNO2. The molecule has 0 saturated carbocycles. The standard InChI is InChI=1S/C11H14BrNO2/c1-13(2)7-8-15-11(14)9-5-3-4-6-10(9)12/h3-6H,7-8H2,1-2H3. The van der Waals surface area contributed by atoms with Crippen LogP contribution >= 0.6 is 15.9 Å². The zero-order valence-electron chi connectivity index (χ0n) is 8.87. The Morgan fingerprint density at radius 2 is 2.07 bits per heavy atom. The van der Waals surface area contributed by atoms with Gasteiger partial charge in [-0.3, -0.25) is 0 Å². The number of halogens is 1. The SMILES string of the molecule is CN(C)CCOC(=O)c1ccccc1Br. The number of rotatable bonds is 4. The molecule has 15 heavy (non-hydrogen) atoms. The van der Waals surface area contributed by atoms with Crippen LogP contribution < -0.4 is 0 Å². The molecule has 0 radical (unpaired) electrons. The summed E-state index contributed by atoms with van der Waals surface area (Å²) in [7, 11) is 3.87. The van der Waals surface area contributed by atoms with E-state index < -0.39 is 0 Å². The van der Waals surface area contributed by atoms with Gasteiger partial charge in [0.25, 0.3) is 0 Å². The van der Waals surface area contributed by atoms with Crippen molar-refractivity contribution in [1.29, 1.82) is 0 Å². The van der Waals surface area contributed by atoms with Crippen molar-refractivity contribution in [2.45, 2.75) is 0 Å². The molecule has 82 valence electrons. The molecule has 0 N–H and O–H groups in total. The second-order valence-electron chi connectivity index (χ2n) is 3.42. The summed E-state index contributed by atoms with van der Waals surface area (Å²) in [5.41, 5.74) is 0.566. The molecule has 0 bridgehead atoms. The minimum absolute atomic E-state index is 0.288. The summed E-state index contributed by atoms with van der Waals surface area (Å²) in [6.07, 6.45) is 0. The van der Waals surface area contributed by atoms with Crippen molar-refractivity contribution in [3.05, 3.63) is 34.3 Å². The molecule has 0 aliphatic carbocycles. The van der Waals surface area contributed by atoms with Crippen LogP contribution in [-0.4, -0.2) is 38.1 Å². The summed E-state index contributed by atoms with van der Waals surface area (Å²) >= 11 is 3.31. The minimum Gasteiger partial charge on any atom is -0.461 e. The maximum Gasteiger partial charge on any atom is 0.339 e. The summed E-state index contributed by atoms with van der Waals surface area (Å²) in [5.74, 6) is -0.288. The highest BCUT2D eigenvalue weighted by atomic mass is 79.9. The van der Waals surface area contributed by atoms with Gasteiger partial charge in [0.2, 0.25) is 0 Å². The van der Waals surface area contributed by atoms with Crippen LogP contribution in [0.5, 0.6) is 0 Å². The lowest BCUT2D eigenvalue weighted by Gasteiger charge is -2.10. The number of likely N-dealkylation sites (N-methyl/N-ethyl adjacent to an activating group) is 1. The lowest BCUT2D eigenvalue weighted by atomic mass is 10.2. The molecule has 0 aromatic heterocycles. The molecule has 3 nitrogen and oxygen atoms in total. The fourth-order valence-corrected chi connectivity index (χ4v) is 1.47. The molecule has 4 heteroatoms. The first-order chi connectivity index (χ1) is 7.11. The first kappa shape index (κ1) is 12.2. The number of hydrogen-bond acceptors (Lipinski definition) is 3. The molecule has 0 spiro atoms. The summed E-state index contributed by atoms with van der Waals surface area (Å²) in [6, 6.07) is 7.23. The van der Waals surface area contributed by atoms with E-state index in [1.165, 1.54) is 0 Å². The molecule has 1 aromatic rings. The van der Waals surface area contributed by atoms with Crippen molar-refractivity contribution in [2.75, 3.05) is 27.2 Å². The van der Waals surface area contributed by atoms with Gasteiger partial charge >= 0.3 is 5.97 Å². The zero-order chi connectivity index (χ0) is 11.3. The van der Waals surface area contributed by atoms with Crippen molar-refractivity contribution in [3.63, 3.8) is 0 Å². The van der Waals surface area contributed by atoms with E-state index in [1.807, 2.05) is 37.2 Å². The molecular weight excluding hydrogens is 258 g/mol. The van der Waals surface area contributed by atoms with Crippen molar-refractivity contribution in [3.8, 4) is 0 Å². The van der Waals surface area contributed by atoms with Gasteiger partial charge in [0, 0.05) is 11.0 Å². The van der Waals surface area contributed by atoms with Crippen LogP contribution in [0.15, 0.2) is 28.7 Å². The normalized spacial score (nSPS) is 10.4. The summed E-state index contributed by atoms with van der Waals surface area (Å²) in [6.45, 7) is 1.14. The maximum absolute atomic E-state index is 11.6. The number of carbonyl (C=O) groups excluding carboxylic acids is 1. The molecule has 0 unspecified atom stereocenters. The summed E-state index contributed by atoms with van der Waals surface area (Å²) in [4.78, 5) is 13.5. The molecule has 0 aliphatic rings. The predicted octanol–water partition coefficient (Wildman–Crippen LogP) is 2.17. The van der Waals surface area contributed by atoms with Gasteiger partial charge < -0.3 is 9.64 Å². The van der Waals surface area contributed by atoms with E-state index in [0.717, 1.165) is 11.0 Å². The number of ether oxygens (including phenoxy) is 1. The summed E-state index contributed by atoms with van der Waals surface area (Å²) in [5, 5.41) is 0. The fraction of sp³-hybridized carbons (Fsp3) is 0.364. The molecule has 0 atom stereocenters. The van der Waals surface area contributed by atoms with Crippen molar-refractivity contribution in [2.24, 2.45) is 0 Å². The van der Waals surface area contributed by atoms with Gasteiger partial charge in [0.1, 0.15) is 6.61 Å². The van der Waals surface area contributed by atoms with Gasteiger partial charge in [-0.2, -0.15) is 0 Å².